The number of aliphatic hydroxyl groups is 3. The van der Waals surface area contributed by atoms with Crippen LogP contribution < -0.4 is 0 Å². The highest BCUT2D eigenvalue weighted by Gasteiger charge is 2.11. The van der Waals surface area contributed by atoms with E-state index in [2.05, 4.69) is 6.92 Å². The van der Waals surface area contributed by atoms with Gasteiger partial charge in [-0.25, -0.2) is 0 Å². The van der Waals surface area contributed by atoms with Gasteiger partial charge in [-0.2, -0.15) is 0 Å². The summed E-state index contributed by atoms with van der Waals surface area (Å²) in [7, 11) is 0. The zero-order valence-electron chi connectivity index (χ0n) is 15.0. The summed E-state index contributed by atoms with van der Waals surface area (Å²) in [6, 6.07) is 0. The van der Waals surface area contributed by atoms with Gasteiger partial charge in [0.15, 0.2) is 0 Å². The van der Waals surface area contributed by atoms with Crippen LogP contribution in [-0.4, -0.2) is 44.7 Å². The van der Waals surface area contributed by atoms with Gasteiger partial charge in [0.25, 0.3) is 0 Å². The molecule has 0 aliphatic carbocycles. The van der Waals surface area contributed by atoms with Crippen molar-refractivity contribution < 1.29 is 25.2 Å². The molecule has 0 aromatic carbocycles. The highest BCUT2D eigenvalue weighted by Crippen LogP contribution is 2.07. The molecule has 5 heteroatoms. The van der Waals surface area contributed by atoms with E-state index in [-0.39, 0.29) is 6.42 Å². The first kappa shape index (κ1) is 23.3. The summed E-state index contributed by atoms with van der Waals surface area (Å²) in [6.45, 7) is 2.09. The van der Waals surface area contributed by atoms with Crippen LogP contribution in [0.1, 0.15) is 51.9 Å². The normalized spacial score (nSPS) is 16.3. The van der Waals surface area contributed by atoms with Gasteiger partial charge in [0.1, 0.15) is 0 Å². The smallest absolute Gasteiger partial charge is 0.303 e. The molecule has 0 amide bonds. The van der Waals surface area contributed by atoms with Gasteiger partial charge in [0.05, 0.1) is 18.3 Å². The van der Waals surface area contributed by atoms with Crippen molar-refractivity contribution in [2.24, 2.45) is 0 Å². The van der Waals surface area contributed by atoms with Gasteiger partial charge < -0.3 is 20.4 Å². The predicted molar refractivity (Wildman–Crippen MR) is 100 cm³/mol. The molecule has 0 bridgehead atoms. The number of carboxylic acids is 1. The average molecular weight is 352 g/mol. The summed E-state index contributed by atoms with van der Waals surface area (Å²) in [5, 5.41) is 37.6. The first-order valence-corrected chi connectivity index (χ1v) is 8.91. The Balaban J connectivity index is 3.96. The highest BCUT2D eigenvalue weighted by molar-refractivity contribution is 5.66. The van der Waals surface area contributed by atoms with Crippen LogP contribution in [0.3, 0.4) is 0 Å². The van der Waals surface area contributed by atoms with E-state index in [0.29, 0.717) is 19.3 Å². The Bertz CT molecular complexity index is 451. The van der Waals surface area contributed by atoms with Gasteiger partial charge in [0, 0.05) is 6.42 Å². The minimum Gasteiger partial charge on any atom is -0.481 e. The fourth-order valence-electron chi connectivity index (χ4n) is 2.09. The van der Waals surface area contributed by atoms with Gasteiger partial charge >= 0.3 is 5.97 Å². The van der Waals surface area contributed by atoms with Crippen LogP contribution in [-0.2, 0) is 4.79 Å². The fourth-order valence-corrected chi connectivity index (χ4v) is 2.09. The molecule has 0 aromatic heterocycles. The van der Waals surface area contributed by atoms with Crippen LogP contribution >= 0.6 is 0 Å². The van der Waals surface area contributed by atoms with E-state index in [4.69, 9.17) is 5.11 Å². The van der Waals surface area contributed by atoms with Crippen molar-refractivity contribution in [3.05, 3.63) is 48.6 Å². The summed E-state index contributed by atoms with van der Waals surface area (Å²) >= 11 is 0. The molecule has 0 rings (SSSR count). The standard InChI is InChI=1S/C20H32O5/c1-2-3-8-14-18(22)19(23)15-10-7-5-4-6-9-12-17(21)13-11-16-20(24)25/h4-7,9-10,12,15,17-19,21-23H,2-3,8,11,13-14,16H2,1H3,(H,24,25)/b6-4+,7-5+,12-9+,15-10+/t17-,18-,19+/m1/s1. The van der Waals surface area contributed by atoms with Crippen LogP contribution in [0.25, 0.3) is 0 Å². The van der Waals surface area contributed by atoms with Crippen molar-refractivity contribution in [1.29, 1.82) is 0 Å². The van der Waals surface area contributed by atoms with Crippen LogP contribution in [0.5, 0.6) is 0 Å². The third kappa shape index (κ3) is 15.6. The molecule has 0 aliphatic heterocycles. The van der Waals surface area contributed by atoms with Crippen molar-refractivity contribution in [1.82, 2.24) is 0 Å². The molecule has 0 unspecified atom stereocenters. The number of carbonyl (C=O) groups is 1. The zero-order valence-corrected chi connectivity index (χ0v) is 15.0. The van der Waals surface area contributed by atoms with Gasteiger partial charge in [-0.05, 0) is 19.3 Å². The first-order valence-electron chi connectivity index (χ1n) is 8.91. The number of rotatable bonds is 14. The quantitative estimate of drug-likeness (QED) is 0.284. The van der Waals surface area contributed by atoms with Crippen molar-refractivity contribution in [2.75, 3.05) is 0 Å². The Morgan fingerprint density at radius 1 is 0.840 bits per heavy atom. The number of hydrogen-bond donors (Lipinski definition) is 4. The summed E-state index contributed by atoms with van der Waals surface area (Å²) in [5.41, 5.74) is 0. The molecule has 4 N–H and O–H groups in total. The second-order valence-corrected chi connectivity index (χ2v) is 5.95. The van der Waals surface area contributed by atoms with Gasteiger partial charge in [-0.1, -0.05) is 74.8 Å². The van der Waals surface area contributed by atoms with Crippen LogP contribution in [0.4, 0.5) is 0 Å². The van der Waals surface area contributed by atoms with Gasteiger partial charge in [-0.15, -0.1) is 0 Å². The van der Waals surface area contributed by atoms with Crippen molar-refractivity contribution in [3.8, 4) is 0 Å². The molecule has 0 saturated heterocycles. The Kier molecular flexibility index (Phi) is 14.7. The monoisotopic (exact) mass is 352 g/mol. The minimum absolute atomic E-state index is 0.0644. The van der Waals surface area contributed by atoms with E-state index in [1.54, 1.807) is 48.6 Å². The average Bonchev–Trinajstić information content (AvgIpc) is 2.56. The highest BCUT2D eigenvalue weighted by atomic mass is 16.4. The zero-order chi connectivity index (χ0) is 18.9. The molecule has 0 aromatic rings. The summed E-state index contributed by atoms with van der Waals surface area (Å²) in [4.78, 5) is 10.4. The summed E-state index contributed by atoms with van der Waals surface area (Å²) in [5.74, 6) is -0.854. The number of carboxylic acid groups (broad SMARTS) is 1. The summed E-state index contributed by atoms with van der Waals surface area (Å²) in [6.07, 6.45) is 16.0. The van der Waals surface area contributed by atoms with E-state index in [1.165, 1.54) is 0 Å². The lowest BCUT2D eigenvalue weighted by molar-refractivity contribution is -0.137. The largest absolute Gasteiger partial charge is 0.481 e. The maximum atomic E-state index is 10.4. The molecule has 0 saturated carbocycles. The number of aliphatic hydroxyl groups excluding tert-OH is 3. The summed E-state index contributed by atoms with van der Waals surface area (Å²) < 4.78 is 0. The molecule has 0 radical (unpaired) electrons. The molecule has 142 valence electrons. The molecule has 3 atom stereocenters. The first-order chi connectivity index (χ1) is 12.0. The van der Waals surface area contributed by atoms with Gasteiger partial charge in [0.2, 0.25) is 0 Å². The number of allylic oxidation sites excluding steroid dienone is 6. The van der Waals surface area contributed by atoms with Gasteiger partial charge in [-0.3, -0.25) is 4.79 Å². The maximum Gasteiger partial charge on any atom is 0.303 e. The maximum absolute atomic E-state index is 10.4. The molecule has 25 heavy (non-hydrogen) atoms. The van der Waals surface area contributed by atoms with Crippen LogP contribution in [0.2, 0.25) is 0 Å². The Morgan fingerprint density at radius 3 is 2.04 bits per heavy atom. The van der Waals surface area contributed by atoms with E-state index in [0.717, 1.165) is 19.3 Å². The van der Waals surface area contributed by atoms with Crippen molar-refractivity contribution in [3.63, 3.8) is 0 Å². The molecule has 0 fully saturated rings. The SMILES string of the molecule is CCCCC[C@@H](O)[C@@H](O)/C=C/C=C/C=C/C=C/[C@@H](O)CCCC(=O)O. The number of unbranched alkanes of at least 4 members (excludes halogenated alkanes) is 2. The lowest BCUT2D eigenvalue weighted by atomic mass is 10.1. The van der Waals surface area contributed by atoms with E-state index in [1.807, 2.05) is 0 Å². The second kappa shape index (κ2) is 15.8. The lowest BCUT2D eigenvalue weighted by Gasteiger charge is -2.13. The fraction of sp³-hybridized carbons (Fsp3) is 0.550. The van der Waals surface area contributed by atoms with E-state index < -0.39 is 24.3 Å². The van der Waals surface area contributed by atoms with Crippen molar-refractivity contribution >= 4 is 5.97 Å². The third-order valence-corrected chi connectivity index (χ3v) is 3.59. The molecule has 5 nitrogen and oxygen atoms in total. The molecular weight excluding hydrogens is 320 g/mol. The molecule has 0 aliphatic rings. The Morgan fingerprint density at radius 2 is 1.44 bits per heavy atom. The molecule has 0 heterocycles. The van der Waals surface area contributed by atoms with E-state index in [9.17, 15) is 20.1 Å². The van der Waals surface area contributed by atoms with Crippen molar-refractivity contribution in [2.45, 2.75) is 70.2 Å². The number of aliphatic carboxylic acids is 1. The second-order valence-electron chi connectivity index (χ2n) is 5.95. The third-order valence-electron chi connectivity index (χ3n) is 3.59. The Hall–Kier alpha value is -1.69. The number of hydrogen-bond acceptors (Lipinski definition) is 4. The Labute approximate surface area is 150 Å². The van der Waals surface area contributed by atoms with Crippen LogP contribution in [0, 0.1) is 0 Å². The minimum atomic E-state index is -0.855. The topological polar surface area (TPSA) is 98.0 Å². The lowest BCUT2D eigenvalue weighted by Crippen LogP contribution is -2.23. The van der Waals surface area contributed by atoms with Crippen LogP contribution in [0.15, 0.2) is 48.6 Å². The molecule has 0 spiro atoms. The predicted octanol–water partition coefficient (Wildman–Crippen LogP) is 3.13. The van der Waals surface area contributed by atoms with E-state index >= 15 is 0 Å². The molecular formula is C20H32O5.